The van der Waals surface area contributed by atoms with E-state index in [2.05, 4.69) is 26.8 Å². The molecule has 0 spiro atoms. The van der Waals surface area contributed by atoms with Gasteiger partial charge in [0, 0.05) is 5.39 Å². The van der Waals surface area contributed by atoms with E-state index in [9.17, 15) is 13.0 Å². The molecule has 3 N–H and O–H groups in total. The van der Waals surface area contributed by atoms with Crippen molar-refractivity contribution in [1.29, 1.82) is 0 Å². The van der Waals surface area contributed by atoms with Crippen LogP contribution in [0, 0.1) is 0 Å². The first-order valence-corrected chi connectivity index (χ1v) is 12.1. The summed E-state index contributed by atoms with van der Waals surface area (Å²) in [4.78, 5) is 0.116. The molecule has 0 saturated heterocycles. The molecular weight excluding hydrogens is 370 g/mol. The molecule has 2 aromatic carbocycles. The minimum atomic E-state index is -4.24. The Hall–Kier alpha value is -1.43. The third-order valence-corrected chi connectivity index (χ3v) is 5.82. The molecule has 2 aromatic rings. The molecule has 0 unspecified atom stereocenters. The van der Waals surface area contributed by atoms with E-state index in [-0.39, 0.29) is 4.90 Å². The first-order valence-electron chi connectivity index (χ1n) is 10.6. The van der Waals surface area contributed by atoms with Crippen LogP contribution in [-0.4, -0.2) is 19.5 Å². The molecular formula is C23H37NO3S. The van der Waals surface area contributed by atoms with Gasteiger partial charge in [-0.3, -0.25) is 4.55 Å². The highest BCUT2D eigenvalue weighted by molar-refractivity contribution is 7.86. The Morgan fingerprint density at radius 2 is 1.50 bits per heavy atom. The molecule has 0 aliphatic carbocycles. The highest BCUT2D eigenvalue weighted by Crippen LogP contribution is 2.32. The lowest BCUT2D eigenvalue weighted by atomic mass is 9.94. The van der Waals surface area contributed by atoms with Gasteiger partial charge in [0.2, 0.25) is 0 Å². The fourth-order valence-corrected chi connectivity index (χ4v) is 4.33. The van der Waals surface area contributed by atoms with E-state index in [1.165, 1.54) is 19.3 Å². The van der Waals surface area contributed by atoms with Gasteiger partial charge in [-0.1, -0.05) is 76.8 Å². The Balaban J connectivity index is 0.000000568. The van der Waals surface area contributed by atoms with Crippen molar-refractivity contribution in [1.82, 2.24) is 0 Å². The maximum atomic E-state index is 12.0. The zero-order valence-corrected chi connectivity index (χ0v) is 18.5. The summed E-state index contributed by atoms with van der Waals surface area (Å²) in [6.45, 7) is 7.24. The average Bonchev–Trinajstić information content (AvgIpc) is 2.67. The van der Waals surface area contributed by atoms with E-state index >= 15 is 0 Å². The second-order valence-electron chi connectivity index (χ2n) is 7.24. The highest BCUT2D eigenvalue weighted by atomic mass is 32.2. The Morgan fingerprint density at radius 3 is 2.04 bits per heavy atom. The van der Waals surface area contributed by atoms with Crippen LogP contribution in [0.2, 0.25) is 0 Å². The number of unbranched alkanes of at least 4 members (excludes halogenated alkanes) is 4. The minimum absolute atomic E-state index is 0.116. The second kappa shape index (κ2) is 12.9. The molecule has 0 heterocycles. The van der Waals surface area contributed by atoms with Crippen molar-refractivity contribution in [3.63, 3.8) is 0 Å². The molecule has 0 aromatic heterocycles. The largest absolute Gasteiger partial charge is 0.330 e. The highest BCUT2D eigenvalue weighted by Gasteiger charge is 2.22. The normalized spacial score (nSPS) is 11.3. The van der Waals surface area contributed by atoms with Crippen LogP contribution in [0.5, 0.6) is 0 Å². The van der Waals surface area contributed by atoms with E-state index < -0.39 is 10.1 Å². The van der Waals surface area contributed by atoms with Gasteiger partial charge in [0.15, 0.2) is 0 Å². The number of fused-ring (bicyclic) bond motifs is 1. The van der Waals surface area contributed by atoms with Crippen LogP contribution >= 0.6 is 0 Å². The minimum Gasteiger partial charge on any atom is -0.330 e. The van der Waals surface area contributed by atoms with Crippen molar-refractivity contribution in [2.75, 3.05) is 6.54 Å². The summed E-state index contributed by atoms with van der Waals surface area (Å²) in [6.07, 6.45) is 9.27. The second-order valence-corrected chi connectivity index (χ2v) is 8.60. The molecule has 28 heavy (non-hydrogen) atoms. The van der Waals surface area contributed by atoms with Crippen molar-refractivity contribution >= 4 is 20.9 Å². The molecule has 4 nitrogen and oxygen atoms in total. The van der Waals surface area contributed by atoms with Crippen LogP contribution in [-0.2, 0) is 23.0 Å². The summed E-state index contributed by atoms with van der Waals surface area (Å²) >= 11 is 0. The smallest absolute Gasteiger partial charge is 0.295 e. The number of benzene rings is 2. The van der Waals surface area contributed by atoms with Crippen molar-refractivity contribution < 1.29 is 13.0 Å². The van der Waals surface area contributed by atoms with Crippen LogP contribution in [0.15, 0.2) is 35.2 Å². The Morgan fingerprint density at radius 1 is 0.893 bits per heavy atom. The molecule has 0 radical (unpaired) electrons. The molecule has 5 heteroatoms. The summed E-state index contributed by atoms with van der Waals surface area (Å²) in [7, 11) is -4.24. The molecule has 0 aliphatic heterocycles. The van der Waals surface area contributed by atoms with Gasteiger partial charge in [-0.15, -0.1) is 0 Å². The molecule has 0 fully saturated rings. The predicted octanol–water partition coefficient (Wildman–Crippen LogP) is 5.91. The van der Waals surface area contributed by atoms with E-state index in [1.54, 1.807) is 6.07 Å². The number of aryl methyl sites for hydroxylation is 1. The van der Waals surface area contributed by atoms with E-state index in [4.69, 9.17) is 5.73 Å². The number of hydrogen-bond acceptors (Lipinski definition) is 3. The van der Waals surface area contributed by atoms with Gasteiger partial charge >= 0.3 is 0 Å². The van der Waals surface area contributed by atoms with Gasteiger partial charge in [0.1, 0.15) is 4.90 Å². The number of rotatable bonds is 10. The Bertz CT molecular complexity index is 812. The van der Waals surface area contributed by atoms with Crippen molar-refractivity contribution in [2.45, 2.75) is 83.5 Å². The molecule has 0 saturated carbocycles. The molecule has 0 atom stereocenters. The zero-order chi connectivity index (χ0) is 21.0. The monoisotopic (exact) mass is 407 g/mol. The molecule has 0 aliphatic rings. The lowest BCUT2D eigenvalue weighted by Gasteiger charge is -2.16. The van der Waals surface area contributed by atoms with Crippen LogP contribution in [0.4, 0.5) is 0 Å². The lowest BCUT2D eigenvalue weighted by molar-refractivity contribution is 0.482. The number of hydrogen-bond donors (Lipinski definition) is 2. The van der Waals surface area contributed by atoms with Crippen molar-refractivity contribution in [3.05, 3.63) is 41.5 Å². The maximum absolute atomic E-state index is 12.0. The van der Waals surface area contributed by atoms with E-state index in [0.29, 0.717) is 11.8 Å². The summed E-state index contributed by atoms with van der Waals surface area (Å²) in [5, 5.41) is 1.50. The Kier molecular flexibility index (Phi) is 11.4. The topological polar surface area (TPSA) is 80.4 Å². The predicted molar refractivity (Wildman–Crippen MR) is 120 cm³/mol. The summed E-state index contributed by atoms with van der Waals surface area (Å²) < 4.78 is 33.8. The van der Waals surface area contributed by atoms with Crippen LogP contribution < -0.4 is 5.73 Å². The summed E-state index contributed by atoms with van der Waals surface area (Å²) in [6, 6.07) is 9.48. The maximum Gasteiger partial charge on any atom is 0.295 e. The first kappa shape index (κ1) is 24.6. The van der Waals surface area contributed by atoms with Gasteiger partial charge in [-0.25, -0.2) is 0 Å². The van der Waals surface area contributed by atoms with Crippen LogP contribution in [0.1, 0.15) is 76.8 Å². The summed E-state index contributed by atoms with van der Waals surface area (Å²) in [5.41, 5.74) is 7.07. The zero-order valence-electron chi connectivity index (χ0n) is 17.7. The molecule has 0 amide bonds. The third-order valence-electron chi connectivity index (χ3n) is 4.84. The summed E-state index contributed by atoms with van der Waals surface area (Å²) in [5.74, 6) is 0. The van der Waals surface area contributed by atoms with Crippen molar-refractivity contribution in [2.24, 2.45) is 5.73 Å². The first-order chi connectivity index (χ1) is 13.4. The van der Waals surface area contributed by atoms with Gasteiger partial charge in [0.25, 0.3) is 10.1 Å². The molecule has 0 bridgehead atoms. The fraction of sp³-hybridized carbons (Fsp3) is 0.565. The van der Waals surface area contributed by atoms with Gasteiger partial charge < -0.3 is 5.73 Å². The van der Waals surface area contributed by atoms with E-state index in [1.807, 2.05) is 18.2 Å². The quantitative estimate of drug-likeness (QED) is 0.379. The van der Waals surface area contributed by atoms with E-state index in [0.717, 1.165) is 55.2 Å². The average molecular weight is 408 g/mol. The fourth-order valence-electron chi connectivity index (χ4n) is 3.32. The molecule has 158 valence electrons. The van der Waals surface area contributed by atoms with Gasteiger partial charge in [0.05, 0.1) is 0 Å². The lowest BCUT2D eigenvalue weighted by Crippen LogP contribution is -2.08. The van der Waals surface area contributed by atoms with Crippen LogP contribution in [0.25, 0.3) is 10.8 Å². The Labute approximate surface area is 171 Å². The van der Waals surface area contributed by atoms with Crippen molar-refractivity contribution in [3.8, 4) is 0 Å². The third kappa shape index (κ3) is 7.53. The van der Waals surface area contributed by atoms with Gasteiger partial charge in [-0.2, -0.15) is 8.42 Å². The number of nitrogens with two attached hydrogens (primary N) is 1. The van der Waals surface area contributed by atoms with Crippen LogP contribution in [0.3, 0.4) is 0 Å². The standard InChI is InChI=1S/C18H24O3S.C5H13N/c1-3-5-9-14-13-15-10-7-8-12-17(15)18(22(19,20)21)16(14)11-6-4-2;1-2-3-4-5-6/h7-8,10,12-13H,3-6,9,11H2,1-2H3,(H,19,20,21);2-6H2,1H3. The van der Waals surface area contributed by atoms with Gasteiger partial charge in [-0.05, 0) is 55.2 Å². The molecule has 2 rings (SSSR count). The SMILES string of the molecule is CCCCCN.CCCCc1cc2ccccc2c(S(=O)(=O)O)c1CCCC.